The summed E-state index contributed by atoms with van der Waals surface area (Å²) in [5.41, 5.74) is 9.02. The maximum absolute atomic E-state index is 12.5. The minimum atomic E-state index is -0.463. The highest BCUT2D eigenvalue weighted by molar-refractivity contribution is 5.82. The molecular formula is C28H37N3O5. The molecule has 2 N–H and O–H groups in total. The van der Waals surface area contributed by atoms with E-state index in [1.807, 2.05) is 63.2 Å². The SMILES string of the molecule is CCCC(=O)OC(CN1CCN(C(C(N)=O)c2c(C)cccc2C)CC1)C1COc2ccccc2O1. The van der Waals surface area contributed by atoms with Gasteiger partial charge in [0.25, 0.3) is 0 Å². The van der Waals surface area contributed by atoms with Crippen LogP contribution in [0.15, 0.2) is 42.5 Å². The molecule has 8 heteroatoms. The third-order valence-corrected chi connectivity index (χ3v) is 6.98. The van der Waals surface area contributed by atoms with Gasteiger partial charge in [0.2, 0.25) is 5.91 Å². The fourth-order valence-corrected chi connectivity index (χ4v) is 5.10. The first-order valence-electron chi connectivity index (χ1n) is 12.8. The number of esters is 1. The second-order valence-corrected chi connectivity index (χ2v) is 9.64. The van der Waals surface area contributed by atoms with Crippen LogP contribution < -0.4 is 15.2 Å². The molecule has 0 spiro atoms. The van der Waals surface area contributed by atoms with E-state index in [9.17, 15) is 9.59 Å². The quantitative estimate of drug-likeness (QED) is 0.535. The molecule has 0 radical (unpaired) electrons. The fourth-order valence-electron chi connectivity index (χ4n) is 5.10. The maximum Gasteiger partial charge on any atom is 0.306 e. The number of aryl methyl sites for hydroxylation is 2. The van der Waals surface area contributed by atoms with Crippen LogP contribution in [0.25, 0.3) is 0 Å². The number of carbonyl (C=O) groups excluding carboxylic acids is 2. The highest BCUT2D eigenvalue weighted by atomic mass is 16.6. The van der Waals surface area contributed by atoms with Gasteiger partial charge in [0, 0.05) is 39.1 Å². The van der Waals surface area contributed by atoms with Crippen LogP contribution in [0.2, 0.25) is 0 Å². The molecule has 2 heterocycles. The monoisotopic (exact) mass is 495 g/mol. The zero-order valence-electron chi connectivity index (χ0n) is 21.4. The van der Waals surface area contributed by atoms with E-state index in [1.165, 1.54) is 0 Å². The van der Waals surface area contributed by atoms with E-state index < -0.39 is 18.2 Å². The summed E-state index contributed by atoms with van der Waals surface area (Å²) in [4.78, 5) is 29.4. The highest BCUT2D eigenvalue weighted by Crippen LogP contribution is 2.33. The Labute approximate surface area is 213 Å². The van der Waals surface area contributed by atoms with E-state index >= 15 is 0 Å². The van der Waals surface area contributed by atoms with Gasteiger partial charge in [-0.3, -0.25) is 19.4 Å². The molecule has 1 fully saturated rings. The molecule has 4 rings (SSSR count). The van der Waals surface area contributed by atoms with Crippen molar-refractivity contribution in [1.82, 2.24) is 9.80 Å². The zero-order valence-corrected chi connectivity index (χ0v) is 21.4. The van der Waals surface area contributed by atoms with E-state index in [0.717, 1.165) is 36.2 Å². The van der Waals surface area contributed by atoms with Crippen LogP contribution in [0.3, 0.4) is 0 Å². The first-order chi connectivity index (χ1) is 17.4. The number of benzene rings is 2. The second-order valence-electron chi connectivity index (χ2n) is 9.64. The van der Waals surface area contributed by atoms with Crippen LogP contribution in [-0.2, 0) is 14.3 Å². The molecule has 1 saturated heterocycles. The van der Waals surface area contributed by atoms with E-state index in [0.29, 0.717) is 44.2 Å². The van der Waals surface area contributed by atoms with Crippen molar-refractivity contribution in [3.8, 4) is 11.5 Å². The fraction of sp³-hybridized carbons (Fsp3) is 0.500. The number of ether oxygens (including phenoxy) is 3. The number of amides is 1. The second kappa shape index (κ2) is 11.8. The summed E-state index contributed by atoms with van der Waals surface area (Å²) in [5.74, 6) is 0.795. The molecule has 0 saturated carbocycles. The molecule has 0 bridgehead atoms. The lowest BCUT2D eigenvalue weighted by molar-refractivity contribution is -0.158. The highest BCUT2D eigenvalue weighted by Gasteiger charge is 2.36. The first kappa shape index (κ1) is 26.0. The Balaban J connectivity index is 1.43. The standard InChI is InChI=1S/C28H37N3O5/c1-4-8-25(32)36-23(24-18-34-21-11-5-6-12-22(21)35-24)17-30-13-15-31(16-14-30)27(28(29)33)26-19(2)9-7-10-20(26)3/h5-7,9-12,23-24,27H,4,8,13-18H2,1-3H3,(H2,29,33). The summed E-state index contributed by atoms with van der Waals surface area (Å²) in [6.45, 7) is 9.66. The summed E-state index contributed by atoms with van der Waals surface area (Å²) >= 11 is 0. The summed E-state index contributed by atoms with van der Waals surface area (Å²) in [5, 5.41) is 0. The molecule has 194 valence electrons. The van der Waals surface area contributed by atoms with Gasteiger partial charge in [0.1, 0.15) is 12.6 Å². The average molecular weight is 496 g/mol. The number of nitrogens with two attached hydrogens (primary N) is 1. The topological polar surface area (TPSA) is 94.3 Å². The van der Waals surface area contributed by atoms with E-state index in [-0.39, 0.29) is 11.9 Å². The molecule has 2 aliphatic heterocycles. The summed E-state index contributed by atoms with van der Waals surface area (Å²) in [7, 11) is 0. The van der Waals surface area contributed by atoms with Gasteiger partial charge in [-0.05, 0) is 49.1 Å². The molecule has 2 aliphatic rings. The number of primary amides is 1. The molecule has 1 amide bonds. The number of hydrogen-bond acceptors (Lipinski definition) is 7. The maximum atomic E-state index is 12.5. The van der Waals surface area contributed by atoms with Crippen molar-refractivity contribution in [2.75, 3.05) is 39.3 Å². The van der Waals surface area contributed by atoms with Crippen LogP contribution in [0.5, 0.6) is 11.5 Å². The number of rotatable bonds is 9. The molecule has 3 unspecified atom stereocenters. The number of para-hydroxylation sites is 2. The van der Waals surface area contributed by atoms with Gasteiger partial charge < -0.3 is 19.9 Å². The molecule has 0 aromatic heterocycles. The molecule has 2 aromatic carbocycles. The van der Waals surface area contributed by atoms with Gasteiger partial charge in [-0.25, -0.2) is 0 Å². The Morgan fingerprint density at radius 2 is 1.69 bits per heavy atom. The largest absolute Gasteiger partial charge is 0.486 e. The van der Waals surface area contributed by atoms with Crippen molar-refractivity contribution < 1.29 is 23.8 Å². The number of hydrogen-bond donors (Lipinski definition) is 1. The summed E-state index contributed by atoms with van der Waals surface area (Å²) < 4.78 is 18.0. The lowest BCUT2D eigenvalue weighted by Crippen LogP contribution is -2.54. The molecule has 2 aromatic rings. The smallest absolute Gasteiger partial charge is 0.306 e. The Hall–Kier alpha value is -3.10. The predicted octanol–water partition coefficient (Wildman–Crippen LogP) is 3.00. The van der Waals surface area contributed by atoms with Crippen LogP contribution in [0.1, 0.15) is 42.5 Å². The number of carbonyl (C=O) groups is 2. The average Bonchev–Trinajstić information content (AvgIpc) is 2.86. The third kappa shape index (κ3) is 5.99. The zero-order chi connectivity index (χ0) is 25.7. The van der Waals surface area contributed by atoms with Gasteiger partial charge in [0.05, 0.1) is 0 Å². The van der Waals surface area contributed by atoms with Gasteiger partial charge in [-0.1, -0.05) is 37.3 Å². The molecule has 8 nitrogen and oxygen atoms in total. The van der Waals surface area contributed by atoms with Crippen molar-refractivity contribution in [2.45, 2.75) is 51.9 Å². The van der Waals surface area contributed by atoms with Crippen molar-refractivity contribution >= 4 is 11.9 Å². The Morgan fingerprint density at radius 3 is 2.33 bits per heavy atom. The minimum Gasteiger partial charge on any atom is -0.486 e. The Morgan fingerprint density at radius 1 is 1.03 bits per heavy atom. The Bertz CT molecular complexity index is 1050. The van der Waals surface area contributed by atoms with Gasteiger partial charge in [-0.15, -0.1) is 0 Å². The summed E-state index contributed by atoms with van der Waals surface area (Å²) in [6.07, 6.45) is 0.230. The van der Waals surface area contributed by atoms with Crippen LogP contribution in [0, 0.1) is 13.8 Å². The predicted molar refractivity (Wildman–Crippen MR) is 137 cm³/mol. The molecule has 36 heavy (non-hydrogen) atoms. The van der Waals surface area contributed by atoms with Crippen LogP contribution >= 0.6 is 0 Å². The number of piperazine rings is 1. The first-order valence-corrected chi connectivity index (χ1v) is 12.8. The Kier molecular flexibility index (Phi) is 8.48. The molecule has 3 atom stereocenters. The molecule has 0 aliphatic carbocycles. The van der Waals surface area contributed by atoms with Crippen molar-refractivity contribution in [1.29, 1.82) is 0 Å². The third-order valence-electron chi connectivity index (χ3n) is 6.98. The van der Waals surface area contributed by atoms with E-state index in [2.05, 4.69) is 9.80 Å². The molecular weight excluding hydrogens is 458 g/mol. The van der Waals surface area contributed by atoms with Gasteiger partial charge in [0.15, 0.2) is 23.7 Å². The number of nitrogens with zero attached hydrogens (tertiary/aromatic N) is 2. The number of fused-ring (bicyclic) bond motifs is 1. The van der Waals surface area contributed by atoms with Gasteiger partial charge in [-0.2, -0.15) is 0 Å². The van der Waals surface area contributed by atoms with Crippen molar-refractivity contribution in [3.05, 3.63) is 59.2 Å². The van der Waals surface area contributed by atoms with E-state index in [1.54, 1.807) is 0 Å². The summed E-state index contributed by atoms with van der Waals surface area (Å²) in [6, 6.07) is 13.1. The van der Waals surface area contributed by atoms with Crippen molar-refractivity contribution in [2.24, 2.45) is 5.73 Å². The minimum absolute atomic E-state index is 0.229. The van der Waals surface area contributed by atoms with Crippen molar-refractivity contribution in [3.63, 3.8) is 0 Å². The van der Waals surface area contributed by atoms with E-state index in [4.69, 9.17) is 19.9 Å². The lowest BCUT2D eigenvalue weighted by Gasteiger charge is -2.41. The normalized spacial score (nSPS) is 19.9. The lowest BCUT2D eigenvalue weighted by atomic mass is 9.94. The van der Waals surface area contributed by atoms with Crippen LogP contribution in [0.4, 0.5) is 0 Å². The van der Waals surface area contributed by atoms with Gasteiger partial charge >= 0.3 is 5.97 Å². The van der Waals surface area contributed by atoms with Crippen LogP contribution in [-0.4, -0.2) is 73.2 Å².